The second-order valence-electron chi connectivity index (χ2n) is 2.09. The number of hydrogen-bond acceptors (Lipinski definition) is 3. The monoisotopic (exact) mass is 161 g/mol. The predicted molar refractivity (Wildman–Crippen MR) is 41.5 cm³/mol. The topological polar surface area (TPSA) is 60.2 Å². The highest BCUT2D eigenvalue weighted by atomic mass is 32.2. The zero-order valence-electron chi connectivity index (χ0n) is 6.09. The van der Waals surface area contributed by atoms with E-state index in [2.05, 4.69) is 0 Å². The van der Waals surface area contributed by atoms with Gasteiger partial charge in [0.25, 0.3) is 0 Å². The summed E-state index contributed by atoms with van der Waals surface area (Å²) in [5.74, 6) is -0.360. The number of primary amides is 1. The first-order valence-electron chi connectivity index (χ1n) is 2.98. The summed E-state index contributed by atoms with van der Waals surface area (Å²) >= 11 is 1.14. The van der Waals surface area contributed by atoms with E-state index in [1.54, 1.807) is 6.92 Å². The van der Waals surface area contributed by atoms with Gasteiger partial charge in [-0.3, -0.25) is 9.59 Å². The lowest BCUT2D eigenvalue weighted by Crippen LogP contribution is -2.16. The van der Waals surface area contributed by atoms with Crippen molar-refractivity contribution in [1.82, 2.24) is 0 Å². The van der Waals surface area contributed by atoms with Crippen LogP contribution in [0.3, 0.4) is 0 Å². The molecule has 0 saturated carbocycles. The lowest BCUT2D eigenvalue weighted by atomic mass is 10.3. The molecule has 0 aromatic heterocycles. The standard InChI is InChI=1S/C6H11NO2S/c1-4(3-6(7)9)10-5(2)8/h4H,3H2,1-2H3,(H2,7,9). The molecule has 4 heteroatoms. The fourth-order valence-electron chi connectivity index (χ4n) is 0.608. The molecule has 0 spiro atoms. The molecule has 0 aliphatic heterocycles. The van der Waals surface area contributed by atoms with Crippen LogP contribution in [-0.2, 0) is 9.59 Å². The van der Waals surface area contributed by atoms with Crippen LogP contribution < -0.4 is 5.73 Å². The van der Waals surface area contributed by atoms with E-state index in [4.69, 9.17) is 5.73 Å². The molecular formula is C6H11NO2S. The fraction of sp³-hybridized carbons (Fsp3) is 0.667. The van der Waals surface area contributed by atoms with Crippen molar-refractivity contribution in [2.45, 2.75) is 25.5 Å². The predicted octanol–water partition coefficient (Wildman–Crippen LogP) is 0.530. The molecule has 2 N–H and O–H groups in total. The summed E-state index contributed by atoms with van der Waals surface area (Å²) in [6.45, 7) is 3.28. The molecule has 10 heavy (non-hydrogen) atoms. The van der Waals surface area contributed by atoms with Gasteiger partial charge in [0.05, 0.1) is 0 Å². The van der Waals surface area contributed by atoms with Gasteiger partial charge in [-0.2, -0.15) is 0 Å². The molecule has 1 unspecified atom stereocenters. The Morgan fingerprint density at radius 3 is 2.40 bits per heavy atom. The summed E-state index contributed by atoms with van der Waals surface area (Å²) in [5, 5.41) is 0.0312. The summed E-state index contributed by atoms with van der Waals surface area (Å²) in [5.41, 5.74) is 4.91. The van der Waals surface area contributed by atoms with Crippen molar-refractivity contribution in [2.75, 3.05) is 0 Å². The van der Waals surface area contributed by atoms with Gasteiger partial charge in [0.15, 0.2) is 5.12 Å². The van der Waals surface area contributed by atoms with Crippen molar-refractivity contribution < 1.29 is 9.59 Å². The van der Waals surface area contributed by atoms with E-state index < -0.39 is 0 Å². The van der Waals surface area contributed by atoms with Crippen molar-refractivity contribution in [3.05, 3.63) is 0 Å². The van der Waals surface area contributed by atoms with Crippen LogP contribution in [0.4, 0.5) is 0 Å². The van der Waals surface area contributed by atoms with Crippen LogP contribution in [0.1, 0.15) is 20.3 Å². The molecule has 0 fully saturated rings. The van der Waals surface area contributed by atoms with Crippen molar-refractivity contribution in [1.29, 1.82) is 0 Å². The Labute approximate surface area is 64.4 Å². The van der Waals surface area contributed by atoms with Crippen LogP contribution in [0.15, 0.2) is 0 Å². The van der Waals surface area contributed by atoms with Crippen LogP contribution >= 0.6 is 11.8 Å². The summed E-state index contributed by atoms with van der Waals surface area (Å²) in [7, 11) is 0. The number of rotatable bonds is 3. The van der Waals surface area contributed by atoms with Crippen LogP contribution in [-0.4, -0.2) is 16.3 Å². The Kier molecular flexibility index (Phi) is 4.11. The van der Waals surface area contributed by atoms with Gasteiger partial charge in [-0.25, -0.2) is 0 Å². The van der Waals surface area contributed by atoms with Gasteiger partial charge in [0.1, 0.15) is 0 Å². The van der Waals surface area contributed by atoms with Gasteiger partial charge in [-0.05, 0) is 0 Å². The van der Waals surface area contributed by atoms with Gasteiger partial charge in [0.2, 0.25) is 5.91 Å². The summed E-state index contributed by atoms with van der Waals surface area (Å²) in [6.07, 6.45) is 0.268. The number of nitrogens with two attached hydrogens (primary N) is 1. The van der Waals surface area contributed by atoms with E-state index in [9.17, 15) is 9.59 Å². The zero-order chi connectivity index (χ0) is 8.15. The minimum absolute atomic E-state index is 0.00926. The van der Waals surface area contributed by atoms with Gasteiger partial charge < -0.3 is 5.73 Å². The third-order valence-electron chi connectivity index (χ3n) is 0.856. The quantitative estimate of drug-likeness (QED) is 0.656. The van der Waals surface area contributed by atoms with E-state index >= 15 is 0 Å². The minimum Gasteiger partial charge on any atom is -0.370 e. The summed E-state index contributed by atoms with van der Waals surface area (Å²) < 4.78 is 0. The molecule has 1 atom stereocenters. The molecule has 0 aliphatic rings. The van der Waals surface area contributed by atoms with Crippen LogP contribution in [0, 0.1) is 0 Å². The molecule has 58 valence electrons. The first-order valence-corrected chi connectivity index (χ1v) is 3.86. The first-order chi connectivity index (χ1) is 4.52. The maximum absolute atomic E-state index is 10.4. The van der Waals surface area contributed by atoms with Crippen molar-refractivity contribution in [3.63, 3.8) is 0 Å². The average Bonchev–Trinajstić information content (AvgIpc) is 1.58. The van der Waals surface area contributed by atoms with Crippen LogP contribution in [0.2, 0.25) is 0 Å². The second kappa shape index (κ2) is 4.33. The average molecular weight is 161 g/mol. The second-order valence-corrected chi connectivity index (χ2v) is 3.71. The molecule has 0 aliphatic carbocycles. The van der Waals surface area contributed by atoms with E-state index in [0.717, 1.165) is 11.8 Å². The van der Waals surface area contributed by atoms with Crippen molar-refractivity contribution >= 4 is 22.8 Å². The van der Waals surface area contributed by atoms with E-state index in [-0.39, 0.29) is 22.7 Å². The van der Waals surface area contributed by atoms with Crippen LogP contribution in [0.5, 0.6) is 0 Å². The smallest absolute Gasteiger partial charge is 0.218 e. The molecule has 0 aromatic carbocycles. The van der Waals surface area contributed by atoms with E-state index in [1.807, 2.05) is 0 Å². The highest BCUT2D eigenvalue weighted by Crippen LogP contribution is 2.13. The van der Waals surface area contributed by atoms with Crippen molar-refractivity contribution in [2.24, 2.45) is 5.73 Å². The Bertz CT molecular complexity index is 131. The number of thioether (sulfide) groups is 1. The Morgan fingerprint density at radius 2 is 2.10 bits per heavy atom. The Hall–Kier alpha value is -0.510. The lowest BCUT2D eigenvalue weighted by molar-refractivity contribution is -0.117. The molecule has 0 rings (SSSR count). The van der Waals surface area contributed by atoms with Crippen molar-refractivity contribution in [3.8, 4) is 0 Å². The highest BCUT2D eigenvalue weighted by Gasteiger charge is 2.08. The molecule has 0 radical (unpaired) electrons. The lowest BCUT2D eigenvalue weighted by Gasteiger charge is -2.03. The maximum atomic E-state index is 10.4. The van der Waals surface area contributed by atoms with Gasteiger partial charge >= 0.3 is 0 Å². The molecule has 0 bridgehead atoms. The molecule has 1 amide bonds. The number of amides is 1. The largest absolute Gasteiger partial charge is 0.370 e. The third-order valence-corrected chi connectivity index (χ3v) is 1.76. The van der Waals surface area contributed by atoms with Gasteiger partial charge in [-0.1, -0.05) is 18.7 Å². The normalized spacial score (nSPS) is 12.6. The van der Waals surface area contributed by atoms with E-state index in [0.29, 0.717) is 0 Å². The molecule has 0 heterocycles. The zero-order valence-corrected chi connectivity index (χ0v) is 6.90. The number of carbonyl (C=O) groups excluding carboxylic acids is 2. The third kappa shape index (κ3) is 5.62. The molecule has 0 aromatic rings. The molecule has 0 saturated heterocycles. The molecular weight excluding hydrogens is 150 g/mol. The maximum Gasteiger partial charge on any atom is 0.218 e. The first kappa shape index (κ1) is 9.49. The Balaban J connectivity index is 3.53. The fourth-order valence-corrected chi connectivity index (χ4v) is 1.42. The Morgan fingerprint density at radius 1 is 1.60 bits per heavy atom. The number of carbonyl (C=O) groups is 2. The highest BCUT2D eigenvalue weighted by molar-refractivity contribution is 8.14. The van der Waals surface area contributed by atoms with E-state index in [1.165, 1.54) is 6.92 Å². The van der Waals surface area contributed by atoms with Gasteiger partial charge in [-0.15, -0.1) is 0 Å². The van der Waals surface area contributed by atoms with Gasteiger partial charge in [0, 0.05) is 18.6 Å². The summed E-state index contributed by atoms with van der Waals surface area (Å²) in [6, 6.07) is 0. The number of hydrogen-bond donors (Lipinski definition) is 1. The summed E-state index contributed by atoms with van der Waals surface area (Å²) in [4.78, 5) is 20.7. The minimum atomic E-state index is -0.360. The molecule has 3 nitrogen and oxygen atoms in total. The van der Waals surface area contributed by atoms with Crippen LogP contribution in [0.25, 0.3) is 0 Å². The SMILES string of the molecule is CC(=O)SC(C)CC(N)=O.